The molecule has 0 aliphatic rings. The topological polar surface area (TPSA) is 12.0 Å². The van der Waals surface area contributed by atoms with E-state index in [1.54, 1.807) is 0 Å². The van der Waals surface area contributed by atoms with Gasteiger partial charge < -0.3 is 5.32 Å². The fourth-order valence-corrected chi connectivity index (χ4v) is 1.68. The normalized spacial score (nSPS) is 11.0. The number of benzene rings is 2. The number of nitrogens with one attached hydrogen (secondary N) is 1. The van der Waals surface area contributed by atoms with Crippen molar-refractivity contribution in [2.45, 2.75) is 0 Å². The number of rotatable bonds is 3. The molecule has 0 spiro atoms. The Morgan fingerprint density at radius 1 is 1.07 bits per heavy atom. The Labute approximate surface area is 94.4 Å². The van der Waals surface area contributed by atoms with Crippen molar-refractivity contribution in [1.82, 2.24) is 0 Å². The Bertz CT molecular complexity index is 471. The van der Waals surface area contributed by atoms with E-state index >= 15 is 0 Å². The first kappa shape index (κ1) is 10.1. The number of anilines is 1. The van der Waals surface area contributed by atoms with Gasteiger partial charge in [0, 0.05) is 23.2 Å². The molecule has 0 saturated heterocycles. The van der Waals surface area contributed by atoms with Crippen molar-refractivity contribution in [2.24, 2.45) is 0 Å². The van der Waals surface area contributed by atoms with Crippen LogP contribution in [-0.2, 0) is 0 Å². The molecular weight excluding hydrogens is 206 g/mol. The molecule has 0 aliphatic heterocycles. The molecule has 76 valence electrons. The van der Waals surface area contributed by atoms with Gasteiger partial charge in [-0.3, -0.25) is 0 Å². The second kappa shape index (κ2) is 4.85. The molecule has 0 amide bonds. The van der Waals surface area contributed by atoms with Gasteiger partial charge in [0.2, 0.25) is 0 Å². The molecule has 0 saturated carbocycles. The minimum absolute atomic E-state index is 0.748. The summed E-state index contributed by atoms with van der Waals surface area (Å²) in [6.07, 6.45) is 1.88. The van der Waals surface area contributed by atoms with Crippen molar-refractivity contribution in [3.8, 4) is 0 Å². The van der Waals surface area contributed by atoms with Gasteiger partial charge in [0.15, 0.2) is 0 Å². The minimum atomic E-state index is 0.748. The van der Waals surface area contributed by atoms with Crippen LogP contribution in [0, 0.1) is 0 Å². The smallest absolute Gasteiger partial charge is 0.0422 e. The molecule has 2 heteroatoms. The predicted octanol–water partition coefficient (Wildman–Crippen LogP) is 4.00. The van der Waals surface area contributed by atoms with E-state index in [0.717, 1.165) is 12.2 Å². The van der Waals surface area contributed by atoms with E-state index in [9.17, 15) is 0 Å². The highest BCUT2D eigenvalue weighted by Gasteiger charge is 1.97. The average Bonchev–Trinajstić information content (AvgIpc) is 2.30. The summed E-state index contributed by atoms with van der Waals surface area (Å²) in [5, 5.41) is 5.80. The zero-order valence-corrected chi connectivity index (χ0v) is 9.04. The van der Waals surface area contributed by atoms with Crippen LogP contribution in [0.3, 0.4) is 0 Å². The van der Waals surface area contributed by atoms with Crippen LogP contribution in [0.4, 0.5) is 5.69 Å². The maximum atomic E-state index is 5.47. The largest absolute Gasteiger partial charge is 0.381 e. The molecule has 0 aromatic heterocycles. The molecule has 0 atom stereocenters. The van der Waals surface area contributed by atoms with Gasteiger partial charge in [-0.25, -0.2) is 0 Å². The van der Waals surface area contributed by atoms with Crippen LogP contribution in [0.2, 0.25) is 0 Å². The third kappa shape index (κ3) is 2.31. The second-order valence-electron chi connectivity index (χ2n) is 3.27. The maximum absolute atomic E-state index is 5.47. The predicted molar refractivity (Wildman–Crippen MR) is 67.4 cm³/mol. The Morgan fingerprint density at radius 3 is 2.73 bits per heavy atom. The lowest BCUT2D eigenvalue weighted by atomic mass is 10.1. The molecule has 2 aromatic rings. The van der Waals surface area contributed by atoms with Gasteiger partial charge >= 0.3 is 0 Å². The lowest BCUT2D eigenvalue weighted by Gasteiger charge is -2.07. The molecule has 2 aromatic carbocycles. The Kier molecular flexibility index (Phi) is 3.25. The van der Waals surface area contributed by atoms with E-state index in [2.05, 4.69) is 35.6 Å². The van der Waals surface area contributed by atoms with Crippen molar-refractivity contribution in [3.05, 3.63) is 54.1 Å². The quantitative estimate of drug-likeness (QED) is 0.820. The van der Waals surface area contributed by atoms with Crippen LogP contribution in [-0.4, -0.2) is 6.54 Å². The Balaban J connectivity index is 2.34. The lowest BCUT2D eigenvalue weighted by molar-refractivity contribution is 1.35. The van der Waals surface area contributed by atoms with Crippen LogP contribution < -0.4 is 5.32 Å². The second-order valence-corrected chi connectivity index (χ2v) is 3.52. The van der Waals surface area contributed by atoms with Crippen molar-refractivity contribution in [2.75, 3.05) is 11.9 Å². The molecule has 1 nitrogen and oxygen atoms in total. The Hall–Kier alpha value is -1.47. The van der Waals surface area contributed by atoms with Crippen LogP contribution >= 0.6 is 11.6 Å². The first-order valence-corrected chi connectivity index (χ1v) is 5.32. The summed E-state index contributed by atoms with van der Waals surface area (Å²) in [5.74, 6) is 0. The molecular formula is C13H12ClN. The van der Waals surface area contributed by atoms with Crippen LogP contribution in [0.5, 0.6) is 0 Å². The highest BCUT2D eigenvalue weighted by molar-refractivity contribution is 6.25. The standard InChI is InChI=1S/C13H12ClN/c14-9-4-10-15-13-8-3-6-11-5-1-2-7-12(11)13/h1-9,15H,10H2/b9-4+. The van der Waals surface area contributed by atoms with Crippen molar-refractivity contribution in [1.29, 1.82) is 0 Å². The first-order valence-electron chi connectivity index (χ1n) is 4.88. The highest BCUT2D eigenvalue weighted by atomic mass is 35.5. The van der Waals surface area contributed by atoms with Gasteiger partial charge in [-0.05, 0) is 11.5 Å². The summed E-state index contributed by atoms with van der Waals surface area (Å²) in [6.45, 7) is 0.748. The third-order valence-corrected chi connectivity index (χ3v) is 2.47. The van der Waals surface area contributed by atoms with Crippen molar-refractivity contribution < 1.29 is 0 Å². The molecule has 1 N–H and O–H groups in total. The van der Waals surface area contributed by atoms with Crippen molar-refractivity contribution >= 4 is 28.1 Å². The van der Waals surface area contributed by atoms with Gasteiger partial charge in [-0.1, -0.05) is 54.1 Å². The minimum Gasteiger partial charge on any atom is -0.381 e. The Morgan fingerprint density at radius 2 is 1.87 bits per heavy atom. The lowest BCUT2D eigenvalue weighted by Crippen LogP contribution is -1.98. The molecule has 0 heterocycles. The highest BCUT2D eigenvalue weighted by Crippen LogP contribution is 2.22. The van der Waals surface area contributed by atoms with E-state index in [4.69, 9.17) is 11.6 Å². The number of halogens is 1. The molecule has 0 unspecified atom stereocenters. The summed E-state index contributed by atoms with van der Waals surface area (Å²) < 4.78 is 0. The van der Waals surface area contributed by atoms with E-state index < -0.39 is 0 Å². The van der Waals surface area contributed by atoms with Crippen molar-refractivity contribution in [3.63, 3.8) is 0 Å². The fourth-order valence-electron chi connectivity index (χ4n) is 1.59. The average molecular weight is 218 g/mol. The summed E-state index contributed by atoms with van der Waals surface area (Å²) in [7, 11) is 0. The van der Waals surface area contributed by atoms with Gasteiger partial charge in [0.25, 0.3) is 0 Å². The van der Waals surface area contributed by atoms with Gasteiger partial charge in [0.1, 0.15) is 0 Å². The molecule has 0 bridgehead atoms. The van der Waals surface area contributed by atoms with E-state index in [1.807, 2.05) is 18.2 Å². The van der Waals surface area contributed by atoms with Crippen LogP contribution in [0.15, 0.2) is 54.1 Å². The fraction of sp³-hybridized carbons (Fsp3) is 0.0769. The number of hydrogen-bond acceptors (Lipinski definition) is 1. The van der Waals surface area contributed by atoms with E-state index in [0.29, 0.717) is 0 Å². The summed E-state index contributed by atoms with van der Waals surface area (Å²) in [6, 6.07) is 14.5. The molecule has 0 fully saturated rings. The number of hydrogen-bond donors (Lipinski definition) is 1. The van der Waals surface area contributed by atoms with Crippen LogP contribution in [0.25, 0.3) is 10.8 Å². The molecule has 2 rings (SSSR count). The summed E-state index contributed by atoms with van der Waals surface area (Å²) in [5.41, 5.74) is 2.67. The third-order valence-electron chi connectivity index (χ3n) is 2.29. The first-order chi connectivity index (χ1) is 7.42. The van der Waals surface area contributed by atoms with Crippen LogP contribution in [0.1, 0.15) is 0 Å². The molecule has 0 radical (unpaired) electrons. The summed E-state index contributed by atoms with van der Waals surface area (Å²) >= 11 is 5.47. The molecule has 0 aliphatic carbocycles. The van der Waals surface area contributed by atoms with Gasteiger partial charge in [-0.2, -0.15) is 0 Å². The van der Waals surface area contributed by atoms with Gasteiger partial charge in [-0.15, -0.1) is 0 Å². The van der Waals surface area contributed by atoms with Gasteiger partial charge in [0.05, 0.1) is 0 Å². The number of fused-ring (bicyclic) bond motifs is 1. The maximum Gasteiger partial charge on any atom is 0.0422 e. The zero-order chi connectivity index (χ0) is 10.5. The monoisotopic (exact) mass is 217 g/mol. The molecule has 15 heavy (non-hydrogen) atoms. The summed E-state index contributed by atoms with van der Waals surface area (Å²) in [4.78, 5) is 0. The van der Waals surface area contributed by atoms with E-state index in [-0.39, 0.29) is 0 Å². The van der Waals surface area contributed by atoms with E-state index in [1.165, 1.54) is 16.3 Å². The SMILES string of the molecule is Cl/C=C/CNc1cccc2ccccc12. The zero-order valence-electron chi connectivity index (χ0n) is 8.28.